The molecule has 0 spiro atoms. The molecule has 0 unspecified atom stereocenters. The van der Waals surface area contributed by atoms with Gasteiger partial charge in [-0.15, -0.1) is 11.3 Å². The quantitative estimate of drug-likeness (QED) is 0.141. The second-order valence-electron chi connectivity index (χ2n) is 16.2. The van der Waals surface area contributed by atoms with Crippen LogP contribution in [0.5, 0.6) is 0 Å². The molecule has 1 heteroatoms. The SMILES string of the molecule is C=C/C=C\c1c(C)sc2c1C(C(C)C)=CCC2.C=Cc1c(-c2cccc(C)c2)cc2c(c1C=C)-c1ccc(C)cc1C2(C)C.CC.Cc1ccc(-c2ccccc2)cc1. The van der Waals surface area contributed by atoms with Gasteiger partial charge in [-0.3, -0.25) is 0 Å². The van der Waals surface area contributed by atoms with Gasteiger partial charge in [0.15, 0.2) is 0 Å². The van der Waals surface area contributed by atoms with Crippen molar-refractivity contribution in [2.24, 2.45) is 5.92 Å². The van der Waals surface area contributed by atoms with E-state index in [2.05, 4.69) is 184 Å². The van der Waals surface area contributed by atoms with Gasteiger partial charge in [-0.05, 0) is 125 Å². The summed E-state index contributed by atoms with van der Waals surface area (Å²) in [7, 11) is 0. The van der Waals surface area contributed by atoms with Gasteiger partial charge in [0.25, 0.3) is 0 Å². The maximum atomic E-state index is 4.16. The van der Waals surface area contributed by atoms with E-state index in [1.54, 1.807) is 4.88 Å². The third-order valence-electron chi connectivity index (χ3n) is 11.3. The van der Waals surface area contributed by atoms with Crippen molar-refractivity contribution in [3.8, 4) is 33.4 Å². The lowest BCUT2D eigenvalue weighted by Crippen LogP contribution is -2.15. The zero-order valence-electron chi connectivity index (χ0n) is 37.3. The Labute approximate surface area is 361 Å². The second-order valence-corrected chi connectivity index (χ2v) is 17.5. The van der Waals surface area contributed by atoms with Crippen molar-refractivity contribution in [2.75, 3.05) is 0 Å². The highest BCUT2D eigenvalue weighted by Gasteiger charge is 2.38. The first-order valence-corrected chi connectivity index (χ1v) is 22.1. The van der Waals surface area contributed by atoms with Crippen LogP contribution in [0.25, 0.3) is 57.2 Å². The minimum absolute atomic E-state index is 0.0350. The van der Waals surface area contributed by atoms with Gasteiger partial charge in [0.05, 0.1) is 0 Å². The van der Waals surface area contributed by atoms with E-state index >= 15 is 0 Å². The zero-order valence-corrected chi connectivity index (χ0v) is 38.1. The van der Waals surface area contributed by atoms with Crippen molar-refractivity contribution < 1.29 is 0 Å². The summed E-state index contributed by atoms with van der Waals surface area (Å²) in [5, 5.41) is 0. The van der Waals surface area contributed by atoms with Crippen LogP contribution in [0, 0.1) is 33.6 Å². The summed E-state index contributed by atoms with van der Waals surface area (Å²) in [6, 6.07) is 36.9. The minimum atomic E-state index is -0.0350. The van der Waals surface area contributed by atoms with Gasteiger partial charge in [-0.1, -0.05) is 211 Å². The molecule has 2 aliphatic rings. The Morgan fingerprint density at radius 2 is 1.24 bits per heavy atom. The number of rotatable bonds is 7. The van der Waals surface area contributed by atoms with E-state index in [1.165, 1.54) is 107 Å². The zero-order chi connectivity index (χ0) is 42.9. The highest BCUT2D eigenvalue weighted by Crippen LogP contribution is 2.53. The fraction of sp³-hybridized carbons (Fsp3) is 0.241. The smallest absolute Gasteiger partial charge is 0.0159 e. The van der Waals surface area contributed by atoms with Crippen LogP contribution >= 0.6 is 11.3 Å². The van der Waals surface area contributed by atoms with E-state index < -0.39 is 0 Å². The summed E-state index contributed by atoms with van der Waals surface area (Å²) in [6.07, 6.45) is 14.9. The molecule has 6 aromatic rings. The van der Waals surface area contributed by atoms with Crippen LogP contribution in [0.1, 0.15) is 108 Å². The molecule has 5 aromatic carbocycles. The standard InChI is InChI=1S/C27H26.C16H20S.C13H12.C2H6/c1-7-20-21(8-2)26-22-13-12-18(4)15-24(22)27(5,6)25(26)16-23(20)19-11-9-10-17(3)14-19;1-5-6-8-14-12(4)17-15-10-7-9-13(11(2)3)16(14)15;1-11-7-9-13(10-8-11)12-5-3-2-4-6-12;1-2/h7-16H,1-2H2,3-6H3;5-6,8-9,11H,1,7,10H2,2-4H3;2-10H,1H3;1-2H3/b;8-6-;;. The molecule has 0 fully saturated rings. The van der Waals surface area contributed by atoms with Crippen molar-refractivity contribution in [2.45, 2.75) is 87.5 Å². The molecule has 0 bridgehead atoms. The molecule has 1 aromatic heterocycles. The van der Waals surface area contributed by atoms with Gasteiger partial charge >= 0.3 is 0 Å². The lowest BCUT2D eigenvalue weighted by atomic mass is 9.79. The molecule has 8 rings (SSSR count). The van der Waals surface area contributed by atoms with Gasteiger partial charge in [-0.2, -0.15) is 0 Å². The molecule has 0 saturated heterocycles. The third kappa shape index (κ3) is 9.70. The monoisotopic (exact) mass is 792 g/mol. The van der Waals surface area contributed by atoms with Crippen molar-refractivity contribution in [3.63, 3.8) is 0 Å². The molecule has 0 aliphatic heterocycles. The van der Waals surface area contributed by atoms with E-state index in [-0.39, 0.29) is 5.41 Å². The number of thiophene rings is 1. The molecule has 0 amide bonds. The molecule has 0 radical (unpaired) electrons. The largest absolute Gasteiger partial charge is 0.144 e. The fourth-order valence-electron chi connectivity index (χ4n) is 8.36. The predicted octanol–water partition coefficient (Wildman–Crippen LogP) is 17.5. The van der Waals surface area contributed by atoms with Crippen molar-refractivity contribution in [1.29, 1.82) is 0 Å². The van der Waals surface area contributed by atoms with Crippen LogP contribution in [0.4, 0.5) is 0 Å². The molecule has 0 N–H and O–H groups in total. The highest BCUT2D eigenvalue weighted by molar-refractivity contribution is 7.12. The number of benzene rings is 5. The Morgan fingerprint density at radius 3 is 1.86 bits per heavy atom. The minimum Gasteiger partial charge on any atom is -0.144 e. The molecule has 302 valence electrons. The van der Waals surface area contributed by atoms with Crippen LogP contribution in [0.15, 0.2) is 141 Å². The van der Waals surface area contributed by atoms with Crippen LogP contribution in [0.2, 0.25) is 0 Å². The lowest BCUT2D eigenvalue weighted by molar-refractivity contribution is 0.660. The average molecular weight is 793 g/mol. The van der Waals surface area contributed by atoms with E-state index in [0.717, 1.165) is 0 Å². The molecule has 1 heterocycles. The second kappa shape index (κ2) is 20.0. The van der Waals surface area contributed by atoms with Gasteiger partial charge < -0.3 is 0 Å². The Hall–Kier alpha value is -5.50. The van der Waals surface area contributed by atoms with Crippen molar-refractivity contribution >= 4 is 35.1 Å². The van der Waals surface area contributed by atoms with Crippen LogP contribution in [-0.4, -0.2) is 0 Å². The number of hydrogen-bond donors (Lipinski definition) is 0. The fourth-order valence-corrected chi connectivity index (χ4v) is 9.56. The Kier molecular flexibility index (Phi) is 15.1. The summed E-state index contributed by atoms with van der Waals surface area (Å²) in [6.45, 7) is 33.9. The average Bonchev–Trinajstić information content (AvgIpc) is 3.69. The summed E-state index contributed by atoms with van der Waals surface area (Å²) >= 11 is 1.96. The number of allylic oxidation sites excluding steroid dienone is 4. The first kappa shape index (κ1) is 44.6. The molecular formula is C58H64S. The van der Waals surface area contributed by atoms with E-state index in [4.69, 9.17) is 0 Å². The molecule has 0 saturated carbocycles. The van der Waals surface area contributed by atoms with Crippen LogP contribution in [0.3, 0.4) is 0 Å². The Morgan fingerprint density at radius 1 is 0.610 bits per heavy atom. The Bertz CT molecular complexity index is 2470. The molecular weight excluding hydrogens is 729 g/mol. The molecule has 0 nitrogen and oxygen atoms in total. The van der Waals surface area contributed by atoms with Gasteiger partial charge in [0, 0.05) is 15.2 Å². The van der Waals surface area contributed by atoms with E-state index in [1.807, 2.05) is 55.6 Å². The lowest BCUT2D eigenvalue weighted by Gasteiger charge is -2.24. The normalized spacial score (nSPS) is 13.0. The topological polar surface area (TPSA) is 0 Å². The number of fused-ring (bicyclic) bond motifs is 4. The summed E-state index contributed by atoms with van der Waals surface area (Å²) < 4.78 is 0. The maximum Gasteiger partial charge on any atom is 0.0159 e. The van der Waals surface area contributed by atoms with Crippen LogP contribution < -0.4 is 0 Å². The number of hydrogen-bond acceptors (Lipinski definition) is 1. The van der Waals surface area contributed by atoms with Crippen molar-refractivity contribution in [3.05, 3.63) is 201 Å². The van der Waals surface area contributed by atoms with Crippen LogP contribution in [-0.2, 0) is 11.8 Å². The molecule has 2 aliphatic carbocycles. The van der Waals surface area contributed by atoms with Gasteiger partial charge in [-0.25, -0.2) is 0 Å². The first-order chi connectivity index (χ1) is 28.4. The first-order valence-electron chi connectivity index (χ1n) is 21.3. The van der Waals surface area contributed by atoms with E-state index in [0.29, 0.717) is 5.92 Å². The summed E-state index contributed by atoms with van der Waals surface area (Å²) in [5.74, 6) is 0.610. The highest BCUT2D eigenvalue weighted by atomic mass is 32.1. The number of aryl methyl sites for hydroxylation is 5. The summed E-state index contributed by atoms with van der Waals surface area (Å²) in [4.78, 5) is 3.00. The molecule has 59 heavy (non-hydrogen) atoms. The Balaban J connectivity index is 0.000000177. The molecule has 0 atom stereocenters. The maximum absolute atomic E-state index is 4.16. The van der Waals surface area contributed by atoms with Crippen molar-refractivity contribution in [1.82, 2.24) is 0 Å². The van der Waals surface area contributed by atoms with Gasteiger partial charge in [0.2, 0.25) is 0 Å². The predicted molar refractivity (Wildman–Crippen MR) is 266 cm³/mol. The summed E-state index contributed by atoms with van der Waals surface area (Å²) in [5.41, 5.74) is 21.1. The van der Waals surface area contributed by atoms with Gasteiger partial charge in [0.1, 0.15) is 0 Å². The van der Waals surface area contributed by atoms with E-state index in [9.17, 15) is 0 Å². The third-order valence-corrected chi connectivity index (χ3v) is 12.5.